The van der Waals surface area contributed by atoms with Crippen LogP contribution in [0.1, 0.15) is 15.2 Å². The summed E-state index contributed by atoms with van der Waals surface area (Å²) in [5, 5.41) is 5.87. The third-order valence-electron chi connectivity index (χ3n) is 2.54. The lowest BCUT2D eigenvalue weighted by Crippen LogP contribution is -2.17. The maximum absolute atomic E-state index is 11.4. The van der Waals surface area contributed by atoms with Gasteiger partial charge in [0.25, 0.3) is 5.91 Å². The minimum atomic E-state index is -0.0829. The Morgan fingerprint density at radius 1 is 1.37 bits per heavy atom. The van der Waals surface area contributed by atoms with E-state index in [1.54, 1.807) is 19.2 Å². The fourth-order valence-electron chi connectivity index (χ4n) is 1.55. The van der Waals surface area contributed by atoms with Crippen LogP contribution in [0.5, 0.6) is 0 Å². The minimum Gasteiger partial charge on any atom is -0.380 e. The number of rotatable bonds is 4. The van der Waals surface area contributed by atoms with Gasteiger partial charge in [0.2, 0.25) is 0 Å². The summed E-state index contributed by atoms with van der Waals surface area (Å²) in [4.78, 5) is 12.5. The highest BCUT2D eigenvalue weighted by Crippen LogP contribution is 2.32. The molecule has 1 amide bonds. The molecular formula is C13H12BrClN2OS. The second-order valence-corrected chi connectivity index (χ2v) is 6.44. The molecule has 0 unspecified atom stereocenters. The van der Waals surface area contributed by atoms with Crippen LogP contribution < -0.4 is 10.6 Å². The van der Waals surface area contributed by atoms with Crippen LogP contribution in [0.3, 0.4) is 0 Å². The van der Waals surface area contributed by atoms with E-state index >= 15 is 0 Å². The number of nitrogens with one attached hydrogen (secondary N) is 2. The first-order valence-electron chi connectivity index (χ1n) is 5.60. The van der Waals surface area contributed by atoms with Crippen LogP contribution in [0.15, 0.2) is 34.8 Å². The summed E-state index contributed by atoms with van der Waals surface area (Å²) in [5.41, 5.74) is 1.61. The van der Waals surface area contributed by atoms with Gasteiger partial charge in [-0.15, -0.1) is 11.3 Å². The first kappa shape index (κ1) is 14.4. The molecule has 19 heavy (non-hydrogen) atoms. The zero-order chi connectivity index (χ0) is 13.8. The number of amides is 1. The van der Waals surface area contributed by atoms with Gasteiger partial charge in [-0.2, -0.15) is 0 Å². The molecule has 0 aliphatic carbocycles. The maximum atomic E-state index is 11.4. The second kappa shape index (κ2) is 6.41. The minimum absolute atomic E-state index is 0.0829. The summed E-state index contributed by atoms with van der Waals surface area (Å²) in [6.45, 7) is 0.704. The Hall–Kier alpha value is -1.04. The van der Waals surface area contributed by atoms with E-state index in [1.165, 1.54) is 11.3 Å². The van der Waals surface area contributed by atoms with Gasteiger partial charge in [-0.3, -0.25) is 4.79 Å². The fourth-order valence-corrected chi connectivity index (χ4v) is 3.28. The molecule has 0 aliphatic heterocycles. The number of thiophene rings is 1. The molecule has 0 radical (unpaired) electrons. The lowest BCUT2D eigenvalue weighted by molar-refractivity contribution is 0.0963. The number of benzene rings is 1. The van der Waals surface area contributed by atoms with Crippen LogP contribution in [0.2, 0.25) is 4.34 Å². The molecule has 1 heterocycles. The van der Waals surface area contributed by atoms with E-state index in [0.29, 0.717) is 12.1 Å². The molecule has 1 aromatic heterocycles. The van der Waals surface area contributed by atoms with E-state index in [2.05, 4.69) is 26.6 Å². The number of carbonyl (C=O) groups is 1. The molecule has 100 valence electrons. The lowest BCUT2D eigenvalue weighted by atomic mass is 10.2. The van der Waals surface area contributed by atoms with Crippen molar-refractivity contribution in [3.8, 4) is 0 Å². The average Bonchev–Trinajstić information content (AvgIpc) is 2.75. The largest absolute Gasteiger partial charge is 0.380 e. The molecule has 0 spiro atoms. The molecule has 2 N–H and O–H groups in total. The van der Waals surface area contributed by atoms with E-state index in [1.807, 2.05) is 18.2 Å². The van der Waals surface area contributed by atoms with Crippen LogP contribution in [-0.4, -0.2) is 13.0 Å². The standard InChI is InChI=1S/C13H12BrClN2OS/c1-16-13(18)8-2-4-9(5-3-8)17-7-10-6-11(14)12(15)19-10/h2-6,17H,7H2,1H3,(H,16,18). The van der Waals surface area contributed by atoms with Crippen LogP contribution in [0.25, 0.3) is 0 Å². The Labute approximate surface area is 129 Å². The SMILES string of the molecule is CNC(=O)c1ccc(NCc2cc(Br)c(Cl)s2)cc1. The molecule has 0 atom stereocenters. The van der Waals surface area contributed by atoms with Crippen LogP contribution >= 0.6 is 38.9 Å². The smallest absolute Gasteiger partial charge is 0.251 e. The Morgan fingerprint density at radius 3 is 2.58 bits per heavy atom. The Balaban J connectivity index is 1.98. The zero-order valence-corrected chi connectivity index (χ0v) is 13.3. The highest BCUT2D eigenvalue weighted by molar-refractivity contribution is 9.10. The summed E-state index contributed by atoms with van der Waals surface area (Å²) >= 11 is 10.9. The third kappa shape index (κ3) is 3.72. The molecular weight excluding hydrogens is 348 g/mol. The van der Waals surface area contributed by atoms with Gasteiger partial charge in [-0.1, -0.05) is 11.6 Å². The summed E-state index contributed by atoms with van der Waals surface area (Å²) in [6.07, 6.45) is 0. The summed E-state index contributed by atoms with van der Waals surface area (Å²) in [7, 11) is 1.62. The van der Waals surface area contributed by atoms with E-state index in [-0.39, 0.29) is 5.91 Å². The Morgan fingerprint density at radius 2 is 2.05 bits per heavy atom. The van der Waals surface area contributed by atoms with Crippen molar-refractivity contribution in [3.63, 3.8) is 0 Å². The van der Waals surface area contributed by atoms with Crippen molar-refractivity contribution in [2.45, 2.75) is 6.54 Å². The van der Waals surface area contributed by atoms with Crippen LogP contribution in [0.4, 0.5) is 5.69 Å². The molecule has 0 saturated carbocycles. The third-order valence-corrected chi connectivity index (χ3v) is 5.01. The van der Waals surface area contributed by atoms with Crippen molar-refractivity contribution >= 4 is 50.5 Å². The molecule has 0 aliphatic rings. The predicted octanol–water partition coefficient (Wildman–Crippen LogP) is 4.14. The molecule has 0 bridgehead atoms. The van der Waals surface area contributed by atoms with Gasteiger partial charge in [0.1, 0.15) is 4.34 Å². The van der Waals surface area contributed by atoms with Crippen molar-refractivity contribution in [1.29, 1.82) is 0 Å². The quantitative estimate of drug-likeness (QED) is 0.861. The number of hydrogen-bond acceptors (Lipinski definition) is 3. The maximum Gasteiger partial charge on any atom is 0.251 e. The van der Waals surface area contributed by atoms with Gasteiger partial charge >= 0.3 is 0 Å². The van der Waals surface area contributed by atoms with Gasteiger partial charge in [-0.05, 0) is 46.3 Å². The van der Waals surface area contributed by atoms with Gasteiger partial charge in [0.05, 0.1) is 0 Å². The first-order chi connectivity index (χ1) is 9.10. The predicted molar refractivity (Wildman–Crippen MR) is 84.2 cm³/mol. The topological polar surface area (TPSA) is 41.1 Å². The van der Waals surface area contributed by atoms with Gasteiger partial charge in [0, 0.05) is 34.2 Å². The monoisotopic (exact) mass is 358 g/mol. The summed E-state index contributed by atoms with van der Waals surface area (Å²) in [5.74, 6) is -0.0829. The van der Waals surface area contributed by atoms with Crippen LogP contribution in [-0.2, 0) is 6.54 Å². The van der Waals surface area contributed by atoms with Crippen molar-refractivity contribution < 1.29 is 4.79 Å². The van der Waals surface area contributed by atoms with Crippen molar-refractivity contribution in [2.24, 2.45) is 0 Å². The fraction of sp³-hybridized carbons (Fsp3) is 0.154. The van der Waals surface area contributed by atoms with Crippen LogP contribution in [0, 0.1) is 0 Å². The van der Waals surface area contributed by atoms with E-state index in [0.717, 1.165) is 19.4 Å². The number of anilines is 1. The number of carbonyl (C=O) groups excluding carboxylic acids is 1. The highest BCUT2D eigenvalue weighted by Gasteiger charge is 2.05. The van der Waals surface area contributed by atoms with Crippen molar-refractivity contribution in [1.82, 2.24) is 5.32 Å². The Bertz CT molecular complexity index is 563. The van der Waals surface area contributed by atoms with E-state index < -0.39 is 0 Å². The molecule has 3 nitrogen and oxygen atoms in total. The first-order valence-corrected chi connectivity index (χ1v) is 7.58. The van der Waals surface area contributed by atoms with Gasteiger partial charge in [-0.25, -0.2) is 0 Å². The molecule has 1 aromatic carbocycles. The number of halogens is 2. The second-order valence-electron chi connectivity index (χ2n) is 3.84. The van der Waals surface area contributed by atoms with Gasteiger partial charge in [0.15, 0.2) is 0 Å². The summed E-state index contributed by atoms with van der Waals surface area (Å²) < 4.78 is 1.68. The van der Waals surface area contributed by atoms with E-state index in [9.17, 15) is 4.79 Å². The van der Waals surface area contributed by atoms with Gasteiger partial charge < -0.3 is 10.6 Å². The molecule has 2 aromatic rings. The van der Waals surface area contributed by atoms with E-state index in [4.69, 9.17) is 11.6 Å². The summed E-state index contributed by atoms with van der Waals surface area (Å²) in [6, 6.07) is 9.35. The van der Waals surface area contributed by atoms with Crippen molar-refractivity contribution in [3.05, 3.63) is 49.6 Å². The van der Waals surface area contributed by atoms with Crippen molar-refractivity contribution in [2.75, 3.05) is 12.4 Å². The highest BCUT2D eigenvalue weighted by atomic mass is 79.9. The molecule has 6 heteroatoms. The lowest BCUT2D eigenvalue weighted by Gasteiger charge is -2.05. The normalized spacial score (nSPS) is 10.3. The zero-order valence-electron chi connectivity index (χ0n) is 10.2. The number of hydrogen-bond donors (Lipinski definition) is 2. The molecule has 0 fully saturated rings. The Kier molecular flexibility index (Phi) is 4.85. The average molecular weight is 360 g/mol. The molecule has 0 saturated heterocycles. The molecule has 2 rings (SSSR count).